The third-order valence-electron chi connectivity index (χ3n) is 5.01. The van der Waals surface area contributed by atoms with Gasteiger partial charge in [0.05, 0.1) is 12.2 Å². The molecule has 0 atom stereocenters. The molecule has 0 aromatic heterocycles. The van der Waals surface area contributed by atoms with Crippen molar-refractivity contribution in [3.63, 3.8) is 0 Å². The molecule has 4 nitrogen and oxygen atoms in total. The Morgan fingerprint density at radius 2 is 1.27 bits per heavy atom. The molecule has 0 aliphatic rings. The van der Waals surface area contributed by atoms with Crippen molar-refractivity contribution in [2.75, 3.05) is 6.61 Å². The Bertz CT molecular complexity index is 763. The van der Waals surface area contributed by atoms with Crippen molar-refractivity contribution in [2.24, 2.45) is 0 Å². The summed E-state index contributed by atoms with van der Waals surface area (Å²) in [4.78, 5) is 24.0. The smallest absolute Gasteiger partial charge is 0.338 e. The number of hydrogen-bond acceptors (Lipinski definition) is 4. The largest absolute Gasteiger partial charge is 0.462 e. The molecule has 0 saturated carbocycles. The van der Waals surface area contributed by atoms with E-state index in [1.165, 1.54) is 25.7 Å². The van der Waals surface area contributed by atoms with Gasteiger partial charge in [0.15, 0.2) is 0 Å². The Labute approximate surface area is 180 Å². The highest BCUT2D eigenvalue weighted by atomic mass is 16.5. The summed E-state index contributed by atoms with van der Waals surface area (Å²) in [5, 5.41) is 0. The van der Waals surface area contributed by atoms with Crippen LogP contribution in [0.15, 0.2) is 48.5 Å². The monoisotopic (exact) mass is 410 g/mol. The van der Waals surface area contributed by atoms with Gasteiger partial charge in [0.1, 0.15) is 5.75 Å². The van der Waals surface area contributed by atoms with Crippen LogP contribution in [0.3, 0.4) is 0 Å². The van der Waals surface area contributed by atoms with E-state index >= 15 is 0 Å². The van der Waals surface area contributed by atoms with E-state index in [1.807, 2.05) is 24.3 Å². The summed E-state index contributed by atoms with van der Waals surface area (Å²) in [6.07, 6.45) is 9.22. The first-order valence-electron chi connectivity index (χ1n) is 11.2. The topological polar surface area (TPSA) is 52.6 Å². The van der Waals surface area contributed by atoms with Gasteiger partial charge in [0.25, 0.3) is 0 Å². The molecule has 0 spiro atoms. The number of rotatable bonds is 13. The highest BCUT2D eigenvalue weighted by Gasteiger charge is 2.08. The molecule has 0 aliphatic heterocycles. The van der Waals surface area contributed by atoms with Crippen LogP contribution in [-0.2, 0) is 9.53 Å². The molecule has 0 amide bonds. The second kappa shape index (κ2) is 13.6. The van der Waals surface area contributed by atoms with Crippen LogP contribution in [0, 0.1) is 0 Å². The van der Waals surface area contributed by atoms with Crippen LogP contribution in [0.2, 0.25) is 0 Å². The molecule has 2 rings (SSSR count). The standard InChI is InChI=1S/C26H34O4/c1-3-5-7-8-9-10-11-25(27)30-24-18-16-22(17-19-24)21-12-14-23(15-13-21)26(28)29-20-6-4-2/h12-19H,3-11,20H2,1-2H3. The molecule has 0 radical (unpaired) electrons. The maximum Gasteiger partial charge on any atom is 0.338 e. The van der Waals surface area contributed by atoms with Crippen LogP contribution in [0.5, 0.6) is 5.75 Å². The third-order valence-corrected chi connectivity index (χ3v) is 5.01. The molecule has 0 unspecified atom stereocenters. The second-order valence-corrected chi connectivity index (χ2v) is 7.58. The fourth-order valence-electron chi connectivity index (χ4n) is 3.14. The Morgan fingerprint density at radius 3 is 1.90 bits per heavy atom. The van der Waals surface area contributed by atoms with E-state index in [1.54, 1.807) is 24.3 Å². The molecule has 4 heteroatoms. The summed E-state index contributed by atoms with van der Waals surface area (Å²) in [6.45, 7) is 4.71. The second-order valence-electron chi connectivity index (χ2n) is 7.58. The van der Waals surface area contributed by atoms with Crippen molar-refractivity contribution in [3.8, 4) is 16.9 Å². The van der Waals surface area contributed by atoms with Gasteiger partial charge in [-0.1, -0.05) is 76.6 Å². The summed E-state index contributed by atoms with van der Waals surface area (Å²) >= 11 is 0. The predicted octanol–water partition coefficient (Wildman–Crippen LogP) is 6.97. The number of esters is 2. The molecule has 0 aliphatic carbocycles. The molecule has 30 heavy (non-hydrogen) atoms. The average Bonchev–Trinajstić information content (AvgIpc) is 2.77. The molecule has 2 aromatic carbocycles. The summed E-state index contributed by atoms with van der Waals surface area (Å²) in [6, 6.07) is 14.8. The molecular weight excluding hydrogens is 376 g/mol. The van der Waals surface area contributed by atoms with E-state index < -0.39 is 0 Å². The summed E-state index contributed by atoms with van der Waals surface area (Å²) in [7, 11) is 0. The van der Waals surface area contributed by atoms with E-state index in [0.29, 0.717) is 24.3 Å². The minimum absolute atomic E-state index is 0.177. The van der Waals surface area contributed by atoms with E-state index in [4.69, 9.17) is 9.47 Å². The van der Waals surface area contributed by atoms with Crippen molar-refractivity contribution in [1.29, 1.82) is 0 Å². The molecule has 2 aromatic rings. The lowest BCUT2D eigenvalue weighted by Gasteiger charge is -2.07. The van der Waals surface area contributed by atoms with Crippen molar-refractivity contribution >= 4 is 11.9 Å². The Morgan fingerprint density at radius 1 is 0.700 bits per heavy atom. The Kier molecular flexibility index (Phi) is 10.7. The maximum atomic E-state index is 12.0. The van der Waals surface area contributed by atoms with Crippen LogP contribution in [0.1, 0.15) is 82.0 Å². The summed E-state index contributed by atoms with van der Waals surface area (Å²) in [5.74, 6) is 0.0951. The number of carbonyl (C=O) groups excluding carboxylic acids is 2. The summed E-state index contributed by atoms with van der Waals surface area (Å²) in [5.41, 5.74) is 2.54. The number of ether oxygens (including phenoxy) is 2. The Hall–Kier alpha value is -2.62. The number of hydrogen-bond donors (Lipinski definition) is 0. The van der Waals surface area contributed by atoms with Crippen molar-refractivity contribution in [3.05, 3.63) is 54.1 Å². The highest BCUT2D eigenvalue weighted by Crippen LogP contribution is 2.23. The number of carbonyl (C=O) groups is 2. The third kappa shape index (κ3) is 8.40. The van der Waals surface area contributed by atoms with Gasteiger partial charge in [0, 0.05) is 6.42 Å². The molecule has 0 N–H and O–H groups in total. The fraction of sp³-hybridized carbons (Fsp3) is 0.462. The summed E-state index contributed by atoms with van der Waals surface area (Å²) < 4.78 is 10.7. The maximum absolute atomic E-state index is 12.0. The molecule has 0 saturated heterocycles. The first-order chi connectivity index (χ1) is 14.6. The van der Waals surface area contributed by atoms with Gasteiger partial charge in [-0.3, -0.25) is 4.79 Å². The van der Waals surface area contributed by atoms with E-state index in [9.17, 15) is 9.59 Å². The molecule has 0 heterocycles. The van der Waals surface area contributed by atoms with Crippen LogP contribution >= 0.6 is 0 Å². The van der Waals surface area contributed by atoms with Crippen LogP contribution in [0.4, 0.5) is 0 Å². The quantitative estimate of drug-likeness (QED) is 0.203. The van der Waals surface area contributed by atoms with E-state index in [-0.39, 0.29) is 11.9 Å². The Balaban J connectivity index is 1.80. The molecular formula is C26H34O4. The van der Waals surface area contributed by atoms with Crippen LogP contribution in [0.25, 0.3) is 11.1 Å². The van der Waals surface area contributed by atoms with Gasteiger partial charge in [-0.2, -0.15) is 0 Å². The minimum Gasteiger partial charge on any atom is -0.462 e. The zero-order chi connectivity index (χ0) is 21.6. The van der Waals surface area contributed by atoms with Gasteiger partial charge in [-0.15, -0.1) is 0 Å². The average molecular weight is 411 g/mol. The van der Waals surface area contributed by atoms with Gasteiger partial charge in [0.2, 0.25) is 0 Å². The minimum atomic E-state index is -0.289. The lowest BCUT2D eigenvalue weighted by atomic mass is 10.0. The highest BCUT2D eigenvalue weighted by molar-refractivity contribution is 5.90. The van der Waals surface area contributed by atoms with Crippen molar-refractivity contribution in [1.82, 2.24) is 0 Å². The van der Waals surface area contributed by atoms with Gasteiger partial charge in [-0.25, -0.2) is 4.79 Å². The van der Waals surface area contributed by atoms with E-state index in [0.717, 1.165) is 36.8 Å². The first-order valence-corrected chi connectivity index (χ1v) is 11.2. The molecule has 0 fully saturated rings. The van der Waals surface area contributed by atoms with Crippen molar-refractivity contribution in [2.45, 2.75) is 71.6 Å². The van der Waals surface area contributed by atoms with Crippen LogP contribution < -0.4 is 4.74 Å². The van der Waals surface area contributed by atoms with Gasteiger partial charge in [-0.05, 0) is 48.2 Å². The predicted molar refractivity (Wildman–Crippen MR) is 121 cm³/mol. The van der Waals surface area contributed by atoms with Gasteiger partial charge >= 0.3 is 11.9 Å². The van der Waals surface area contributed by atoms with Crippen molar-refractivity contribution < 1.29 is 19.1 Å². The zero-order valence-corrected chi connectivity index (χ0v) is 18.3. The molecule has 162 valence electrons. The SMILES string of the molecule is CCCCCCCCC(=O)Oc1ccc(-c2ccc(C(=O)OCCCC)cc2)cc1. The number of unbranched alkanes of at least 4 members (excludes halogenated alkanes) is 6. The van der Waals surface area contributed by atoms with Crippen LogP contribution in [-0.4, -0.2) is 18.5 Å². The first kappa shape index (κ1) is 23.7. The van der Waals surface area contributed by atoms with Gasteiger partial charge < -0.3 is 9.47 Å². The normalized spacial score (nSPS) is 10.6. The van der Waals surface area contributed by atoms with E-state index in [2.05, 4.69) is 13.8 Å². The lowest BCUT2D eigenvalue weighted by molar-refractivity contribution is -0.134. The lowest BCUT2D eigenvalue weighted by Crippen LogP contribution is -2.07. The molecule has 0 bridgehead atoms. The zero-order valence-electron chi connectivity index (χ0n) is 18.3. The fourth-order valence-corrected chi connectivity index (χ4v) is 3.14. The number of benzene rings is 2.